The molecule has 2 aromatic carbocycles. The Morgan fingerprint density at radius 1 is 1.16 bits per heavy atom. The average Bonchev–Trinajstić information content (AvgIpc) is 3.32. The normalized spacial score (nSPS) is 15.1. The number of anilines is 1. The van der Waals surface area contributed by atoms with E-state index in [1.54, 1.807) is 6.92 Å². The predicted octanol–water partition coefficient (Wildman–Crippen LogP) is 4.38. The molecule has 1 saturated heterocycles. The first kappa shape index (κ1) is 27.3. The highest BCUT2D eigenvalue weighted by atomic mass is 19.1. The minimum atomic E-state index is -0.652. The minimum absolute atomic E-state index is 0.0735. The number of ketones is 1. The van der Waals surface area contributed by atoms with Crippen molar-refractivity contribution in [3.05, 3.63) is 101 Å². The number of benzene rings is 2. The van der Waals surface area contributed by atoms with Crippen LogP contribution in [0.15, 0.2) is 66.4 Å². The van der Waals surface area contributed by atoms with Crippen molar-refractivity contribution < 1.29 is 18.4 Å². The molecule has 0 bridgehead atoms. The van der Waals surface area contributed by atoms with Gasteiger partial charge in [-0.2, -0.15) is 0 Å². The number of aromatic nitrogens is 2. The SMILES string of the molecule is C=CC(=O)N1CCC(C)C1.CN=C(c1ccc(C(=O)c2cccc(F)c2)cc1F)c1c(C)ncnc1N. The summed E-state index contributed by atoms with van der Waals surface area (Å²) in [4.78, 5) is 37.4. The van der Waals surface area contributed by atoms with Crippen LogP contribution < -0.4 is 5.73 Å². The third-order valence-corrected chi connectivity index (χ3v) is 6.01. The van der Waals surface area contributed by atoms with E-state index in [0.29, 0.717) is 17.2 Å². The molecule has 0 aliphatic carbocycles. The number of amides is 1. The second kappa shape index (κ2) is 12.1. The van der Waals surface area contributed by atoms with Gasteiger partial charge in [0.25, 0.3) is 0 Å². The number of carbonyl (C=O) groups excluding carboxylic acids is 2. The Morgan fingerprint density at radius 3 is 2.46 bits per heavy atom. The van der Waals surface area contributed by atoms with Crippen LogP contribution in [0.5, 0.6) is 0 Å². The molecule has 1 atom stereocenters. The Morgan fingerprint density at radius 2 is 1.89 bits per heavy atom. The summed E-state index contributed by atoms with van der Waals surface area (Å²) in [5, 5.41) is 0. The largest absolute Gasteiger partial charge is 0.383 e. The maximum absolute atomic E-state index is 14.8. The van der Waals surface area contributed by atoms with E-state index in [1.165, 1.54) is 49.8 Å². The van der Waals surface area contributed by atoms with Crippen molar-refractivity contribution in [3.63, 3.8) is 0 Å². The zero-order valence-corrected chi connectivity index (χ0v) is 21.0. The Bertz CT molecular complexity index is 1340. The lowest BCUT2D eigenvalue weighted by molar-refractivity contribution is -0.125. The van der Waals surface area contributed by atoms with Crippen molar-refractivity contribution in [2.24, 2.45) is 10.9 Å². The summed E-state index contributed by atoms with van der Waals surface area (Å²) >= 11 is 0. The first-order chi connectivity index (χ1) is 17.7. The van der Waals surface area contributed by atoms with Gasteiger partial charge >= 0.3 is 0 Å². The van der Waals surface area contributed by atoms with E-state index in [9.17, 15) is 18.4 Å². The molecule has 1 amide bonds. The first-order valence-corrected chi connectivity index (χ1v) is 11.7. The van der Waals surface area contributed by atoms with Gasteiger partial charge in [-0.15, -0.1) is 0 Å². The maximum Gasteiger partial charge on any atom is 0.245 e. The summed E-state index contributed by atoms with van der Waals surface area (Å²) in [7, 11) is 1.51. The summed E-state index contributed by atoms with van der Waals surface area (Å²) in [6, 6.07) is 9.25. The van der Waals surface area contributed by atoms with Crippen LogP contribution in [0.1, 0.15) is 46.1 Å². The summed E-state index contributed by atoms with van der Waals surface area (Å²) in [5.41, 5.74) is 7.60. The smallest absolute Gasteiger partial charge is 0.245 e. The van der Waals surface area contributed by atoms with E-state index in [2.05, 4.69) is 28.5 Å². The summed E-state index contributed by atoms with van der Waals surface area (Å²) < 4.78 is 28.1. The fourth-order valence-corrected chi connectivity index (χ4v) is 4.06. The number of nitrogens with two attached hydrogens (primary N) is 1. The number of hydrogen-bond acceptors (Lipinski definition) is 6. The molecule has 1 unspecified atom stereocenters. The zero-order chi connectivity index (χ0) is 27.1. The van der Waals surface area contributed by atoms with Crippen molar-refractivity contribution in [2.45, 2.75) is 20.3 Å². The second-order valence-corrected chi connectivity index (χ2v) is 8.71. The van der Waals surface area contributed by atoms with E-state index in [-0.39, 0.29) is 34.1 Å². The highest BCUT2D eigenvalue weighted by molar-refractivity contribution is 6.16. The third-order valence-electron chi connectivity index (χ3n) is 6.01. The van der Waals surface area contributed by atoms with E-state index >= 15 is 0 Å². The number of nitrogens with zero attached hydrogens (tertiary/aromatic N) is 4. The third kappa shape index (κ3) is 6.49. The summed E-state index contributed by atoms with van der Waals surface area (Å²) in [5.74, 6) is -0.738. The van der Waals surface area contributed by atoms with Gasteiger partial charge in [0.1, 0.15) is 23.8 Å². The Kier molecular flexibility index (Phi) is 8.95. The number of hydrogen-bond donors (Lipinski definition) is 1. The fourth-order valence-electron chi connectivity index (χ4n) is 4.06. The maximum atomic E-state index is 14.8. The molecule has 2 heterocycles. The molecule has 0 spiro atoms. The molecule has 0 radical (unpaired) electrons. The molecule has 9 heteroatoms. The van der Waals surface area contributed by atoms with Crippen LogP contribution in [0.25, 0.3) is 0 Å². The van der Waals surface area contributed by atoms with Crippen molar-refractivity contribution in [3.8, 4) is 0 Å². The molecule has 1 aliphatic rings. The molecule has 37 heavy (non-hydrogen) atoms. The average molecular weight is 506 g/mol. The predicted molar refractivity (Wildman–Crippen MR) is 140 cm³/mol. The zero-order valence-electron chi connectivity index (χ0n) is 21.0. The number of rotatable bonds is 5. The first-order valence-electron chi connectivity index (χ1n) is 11.7. The second-order valence-electron chi connectivity index (χ2n) is 8.71. The van der Waals surface area contributed by atoms with E-state index in [0.717, 1.165) is 31.6 Å². The number of aliphatic imine (C=N–C) groups is 1. The molecular weight excluding hydrogens is 476 g/mol. The van der Waals surface area contributed by atoms with Gasteiger partial charge in [-0.1, -0.05) is 31.7 Å². The monoisotopic (exact) mass is 505 g/mol. The van der Waals surface area contributed by atoms with Crippen molar-refractivity contribution in [1.29, 1.82) is 0 Å². The van der Waals surface area contributed by atoms with E-state index < -0.39 is 17.4 Å². The quantitative estimate of drug-likeness (QED) is 0.315. The van der Waals surface area contributed by atoms with Crippen molar-refractivity contribution >= 4 is 23.2 Å². The van der Waals surface area contributed by atoms with E-state index in [1.807, 2.05) is 4.90 Å². The lowest BCUT2D eigenvalue weighted by Gasteiger charge is -2.12. The molecule has 4 rings (SSSR count). The molecular formula is C28H29F2N5O2. The highest BCUT2D eigenvalue weighted by Crippen LogP contribution is 2.22. The summed E-state index contributed by atoms with van der Waals surface area (Å²) in [6.07, 6.45) is 3.84. The molecule has 1 fully saturated rings. The number of halogens is 2. The Labute approximate surface area is 214 Å². The summed E-state index contributed by atoms with van der Waals surface area (Å²) in [6.45, 7) is 9.14. The number of nitrogen functional groups attached to an aromatic ring is 1. The molecule has 3 aromatic rings. The van der Waals surface area contributed by atoms with Crippen LogP contribution in [0.2, 0.25) is 0 Å². The Balaban J connectivity index is 0.000000319. The van der Waals surface area contributed by atoms with Gasteiger partial charge in [-0.25, -0.2) is 18.7 Å². The van der Waals surface area contributed by atoms with Crippen LogP contribution in [0.4, 0.5) is 14.6 Å². The van der Waals surface area contributed by atoms with Gasteiger partial charge in [0.2, 0.25) is 5.91 Å². The fraction of sp³-hybridized carbons (Fsp3) is 0.250. The number of aryl methyl sites for hydroxylation is 1. The molecule has 2 N–H and O–H groups in total. The van der Waals surface area contributed by atoms with Gasteiger partial charge in [-0.3, -0.25) is 14.6 Å². The topological polar surface area (TPSA) is 102 Å². The molecule has 0 saturated carbocycles. The van der Waals surface area contributed by atoms with Gasteiger partial charge in [-0.05, 0) is 49.6 Å². The lowest BCUT2D eigenvalue weighted by Crippen LogP contribution is -2.26. The highest BCUT2D eigenvalue weighted by Gasteiger charge is 2.21. The van der Waals surface area contributed by atoms with Crippen molar-refractivity contribution in [1.82, 2.24) is 14.9 Å². The molecule has 7 nitrogen and oxygen atoms in total. The van der Waals surface area contributed by atoms with Crippen LogP contribution in [-0.2, 0) is 4.79 Å². The molecule has 1 aliphatic heterocycles. The Hall–Kier alpha value is -4.27. The lowest BCUT2D eigenvalue weighted by atomic mass is 9.97. The van der Waals surface area contributed by atoms with Gasteiger partial charge < -0.3 is 10.6 Å². The van der Waals surface area contributed by atoms with Crippen LogP contribution >= 0.6 is 0 Å². The standard InChI is InChI=1S/C20H16F2N4O.C8H13NO/c1-11-17(20(23)26-10-25-11)18(24-2)15-7-6-13(9-16(15)22)19(27)12-4-3-5-14(21)8-12;1-3-8(10)9-5-4-7(2)6-9/h3-10H,1-2H3,(H2,23,25,26);3,7H,1,4-6H2,2H3. The van der Waals surface area contributed by atoms with Gasteiger partial charge in [0, 0.05) is 36.8 Å². The minimum Gasteiger partial charge on any atom is -0.383 e. The molecule has 192 valence electrons. The van der Waals surface area contributed by atoms with Crippen LogP contribution in [0.3, 0.4) is 0 Å². The number of carbonyl (C=O) groups is 2. The number of likely N-dealkylation sites (tertiary alicyclic amines) is 1. The van der Waals surface area contributed by atoms with Crippen LogP contribution in [-0.4, -0.2) is 52.4 Å². The van der Waals surface area contributed by atoms with E-state index in [4.69, 9.17) is 5.73 Å². The molecule has 1 aromatic heterocycles. The van der Waals surface area contributed by atoms with Crippen LogP contribution in [0, 0.1) is 24.5 Å². The van der Waals surface area contributed by atoms with Crippen molar-refractivity contribution in [2.75, 3.05) is 25.9 Å². The van der Waals surface area contributed by atoms with Gasteiger partial charge in [0.05, 0.1) is 17.0 Å². The van der Waals surface area contributed by atoms with Gasteiger partial charge in [0.15, 0.2) is 5.78 Å².